The third-order valence-corrected chi connectivity index (χ3v) is 5.20. The van der Waals surface area contributed by atoms with Crippen molar-refractivity contribution >= 4 is 47.0 Å². The zero-order valence-corrected chi connectivity index (χ0v) is 20.0. The Morgan fingerprint density at radius 3 is 2.48 bits per heavy atom. The number of hydrogen-bond donors (Lipinski definition) is 1. The first kappa shape index (κ1) is 23.6. The van der Waals surface area contributed by atoms with E-state index in [1.54, 1.807) is 25.5 Å². The second-order valence-corrected chi connectivity index (χ2v) is 7.26. The highest BCUT2D eigenvalue weighted by atomic mass is 127. The molecule has 1 N–H and O–H groups in total. The van der Waals surface area contributed by atoms with Crippen molar-refractivity contribution in [3.63, 3.8) is 0 Å². The van der Waals surface area contributed by atoms with Crippen LogP contribution in [0.5, 0.6) is 0 Å². The van der Waals surface area contributed by atoms with E-state index in [0.29, 0.717) is 6.54 Å². The van der Waals surface area contributed by atoms with Gasteiger partial charge in [0.1, 0.15) is 11.1 Å². The van der Waals surface area contributed by atoms with E-state index < -0.39 is 0 Å². The van der Waals surface area contributed by atoms with Crippen LogP contribution < -0.4 is 10.2 Å². The second kappa shape index (κ2) is 11.5. The van der Waals surface area contributed by atoms with Gasteiger partial charge in [-0.25, -0.2) is 4.98 Å². The maximum Gasteiger partial charge on any atom is 0.194 e. The van der Waals surface area contributed by atoms with E-state index in [2.05, 4.69) is 54.7 Å². The van der Waals surface area contributed by atoms with Gasteiger partial charge < -0.3 is 19.9 Å². The average Bonchev–Trinajstić information content (AvgIpc) is 3.10. The molecule has 1 aromatic carbocycles. The minimum atomic E-state index is 0. The van der Waals surface area contributed by atoms with Crippen LogP contribution in [0.4, 0.5) is 5.69 Å². The molecular formula is C19H30IN5OS. The molecular weight excluding hydrogens is 473 g/mol. The smallest absolute Gasteiger partial charge is 0.194 e. The Hall–Kier alpha value is -1.39. The predicted octanol–water partition coefficient (Wildman–Crippen LogP) is 3.74. The molecule has 0 aliphatic rings. The van der Waals surface area contributed by atoms with Gasteiger partial charge in [-0.3, -0.25) is 4.99 Å². The van der Waals surface area contributed by atoms with E-state index in [1.807, 2.05) is 28.1 Å². The van der Waals surface area contributed by atoms with E-state index in [9.17, 15) is 0 Å². The van der Waals surface area contributed by atoms with Crippen LogP contribution in [-0.4, -0.2) is 51.1 Å². The fourth-order valence-electron chi connectivity index (χ4n) is 2.48. The highest BCUT2D eigenvalue weighted by Crippen LogP contribution is 2.21. The molecule has 0 saturated carbocycles. The van der Waals surface area contributed by atoms with Crippen molar-refractivity contribution in [3.8, 4) is 0 Å². The van der Waals surface area contributed by atoms with Crippen LogP contribution in [0.3, 0.4) is 0 Å². The summed E-state index contributed by atoms with van der Waals surface area (Å²) in [6.07, 6.45) is 0.0293. The molecule has 6 nitrogen and oxygen atoms in total. The molecule has 2 aromatic rings. The Kier molecular flexibility index (Phi) is 10.0. The lowest BCUT2D eigenvalue weighted by Gasteiger charge is -2.21. The van der Waals surface area contributed by atoms with Crippen LogP contribution in [0.25, 0.3) is 0 Å². The molecule has 0 fully saturated rings. The Morgan fingerprint density at radius 1 is 1.26 bits per heavy atom. The lowest BCUT2D eigenvalue weighted by Crippen LogP contribution is -2.38. The first-order valence-corrected chi connectivity index (χ1v) is 9.47. The minimum Gasteiger partial charge on any atom is -0.378 e. The summed E-state index contributed by atoms with van der Waals surface area (Å²) < 4.78 is 5.33. The quantitative estimate of drug-likeness (QED) is 0.355. The molecule has 1 heterocycles. The molecule has 0 aliphatic carbocycles. The van der Waals surface area contributed by atoms with E-state index in [0.717, 1.165) is 23.2 Å². The van der Waals surface area contributed by atoms with Crippen molar-refractivity contribution in [2.75, 3.05) is 40.2 Å². The molecule has 0 aliphatic heterocycles. The molecule has 0 amide bonds. The Labute approximate surface area is 183 Å². The lowest BCUT2D eigenvalue weighted by molar-refractivity contribution is 0.119. The van der Waals surface area contributed by atoms with Crippen molar-refractivity contribution in [1.82, 2.24) is 15.2 Å². The number of aliphatic imine (C=N–C) groups is 1. The van der Waals surface area contributed by atoms with Crippen molar-refractivity contribution < 1.29 is 4.74 Å². The number of thiazole rings is 1. The van der Waals surface area contributed by atoms with Crippen LogP contribution in [0, 0.1) is 0 Å². The molecule has 0 saturated heterocycles. The van der Waals surface area contributed by atoms with Gasteiger partial charge in [-0.2, -0.15) is 0 Å². The molecule has 1 unspecified atom stereocenters. The van der Waals surface area contributed by atoms with E-state index >= 15 is 0 Å². The summed E-state index contributed by atoms with van der Waals surface area (Å²) in [5.74, 6) is 0.844. The SMILES string of the molecule is CN=C(NCc1ccc(N(C)C)cc1)N(C)Cc1csc(C(C)OC)n1.I. The third kappa shape index (κ3) is 6.93. The summed E-state index contributed by atoms with van der Waals surface area (Å²) in [7, 11) is 9.61. The van der Waals surface area contributed by atoms with Gasteiger partial charge in [-0.15, -0.1) is 35.3 Å². The maximum atomic E-state index is 5.33. The van der Waals surface area contributed by atoms with Gasteiger partial charge in [-0.05, 0) is 24.6 Å². The largest absolute Gasteiger partial charge is 0.378 e. The van der Waals surface area contributed by atoms with Gasteiger partial charge in [-0.1, -0.05) is 12.1 Å². The fourth-order valence-corrected chi connectivity index (χ4v) is 3.32. The number of guanidine groups is 1. The van der Waals surface area contributed by atoms with E-state index in [-0.39, 0.29) is 30.1 Å². The Morgan fingerprint density at radius 2 is 1.93 bits per heavy atom. The van der Waals surface area contributed by atoms with Gasteiger partial charge in [0.2, 0.25) is 0 Å². The van der Waals surface area contributed by atoms with Gasteiger partial charge >= 0.3 is 0 Å². The number of ether oxygens (including phenoxy) is 1. The van der Waals surface area contributed by atoms with E-state index in [1.165, 1.54) is 11.3 Å². The highest BCUT2D eigenvalue weighted by molar-refractivity contribution is 14.0. The summed E-state index contributed by atoms with van der Waals surface area (Å²) in [6, 6.07) is 8.51. The first-order valence-electron chi connectivity index (χ1n) is 8.59. The number of anilines is 1. The molecule has 0 radical (unpaired) electrons. The number of rotatable bonds is 7. The van der Waals surface area contributed by atoms with Crippen molar-refractivity contribution in [1.29, 1.82) is 0 Å². The van der Waals surface area contributed by atoms with E-state index in [4.69, 9.17) is 4.74 Å². The van der Waals surface area contributed by atoms with Gasteiger partial charge in [0.25, 0.3) is 0 Å². The number of nitrogens with one attached hydrogen (secondary N) is 1. The maximum absolute atomic E-state index is 5.33. The minimum absolute atomic E-state index is 0. The second-order valence-electron chi connectivity index (χ2n) is 6.37. The average molecular weight is 503 g/mol. The number of halogens is 1. The topological polar surface area (TPSA) is 53.0 Å². The normalized spacial score (nSPS) is 12.3. The molecule has 0 spiro atoms. The first-order chi connectivity index (χ1) is 12.4. The Balaban J connectivity index is 0.00000364. The van der Waals surface area contributed by atoms with Crippen molar-refractivity contribution in [2.45, 2.75) is 26.1 Å². The fraction of sp³-hybridized carbons (Fsp3) is 0.474. The zero-order valence-electron chi connectivity index (χ0n) is 16.9. The molecule has 1 aromatic heterocycles. The number of hydrogen-bond acceptors (Lipinski definition) is 5. The van der Waals surface area contributed by atoms with Crippen LogP contribution in [0.2, 0.25) is 0 Å². The number of aromatic nitrogens is 1. The predicted molar refractivity (Wildman–Crippen MR) is 125 cm³/mol. The van der Waals surface area contributed by atoms with Crippen LogP contribution in [0.15, 0.2) is 34.6 Å². The standard InChI is InChI=1S/C19H29N5OS.HI/c1-14(25-6)18-22-16(13-26-18)12-24(5)19(20-2)21-11-15-7-9-17(10-8-15)23(3)4;/h7-10,13-14H,11-12H2,1-6H3,(H,20,21);1H. The monoisotopic (exact) mass is 503 g/mol. The molecule has 0 bridgehead atoms. The summed E-state index contributed by atoms with van der Waals surface area (Å²) >= 11 is 1.63. The van der Waals surface area contributed by atoms with Gasteiger partial charge in [0.15, 0.2) is 5.96 Å². The molecule has 1 atom stereocenters. The highest BCUT2D eigenvalue weighted by Gasteiger charge is 2.12. The summed E-state index contributed by atoms with van der Waals surface area (Å²) in [4.78, 5) is 13.2. The van der Waals surface area contributed by atoms with Crippen LogP contribution >= 0.6 is 35.3 Å². The van der Waals surface area contributed by atoms with Crippen LogP contribution in [-0.2, 0) is 17.8 Å². The molecule has 150 valence electrons. The summed E-state index contributed by atoms with van der Waals surface area (Å²) in [6.45, 7) is 3.44. The number of benzene rings is 1. The molecule has 27 heavy (non-hydrogen) atoms. The number of nitrogens with zero attached hydrogens (tertiary/aromatic N) is 4. The van der Waals surface area contributed by atoms with Crippen LogP contribution in [0.1, 0.15) is 29.3 Å². The zero-order chi connectivity index (χ0) is 19.1. The van der Waals surface area contributed by atoms with Crippen molar-refractivity contribution in [2.24, 2.45) is 4.99 Å². The third-order valence-electron chi connectivity index (χ3n) is 4.15. The van der Waals surface area contributed by atoms with Gasteiger partial charge in [0, 0.05) is 52.9 Å². The summed E-state index contributed by atoms with van der Waals surface area (Å²) in [5, 5.41) is 6.49. The van der Waals surface area contributed by atoms with Crippen molar-refractivity contribution in [3.05, 3.63) is 45.9 Å². The molecule has 8 heteroatoms. The molecule has 2 rings (SSSR count). The lowest BCUT2D eigenvalue weighted by atomic mass is 10.2. The number of methoxy groups -OCH3 is 1. The van der Waals surface area contributed by atoms with Gasteiger partial charge in [0.05, 0.1) is 12.2 Å². The summed E-state index contributed by atoms with van der Waals surface area (Å²) in [5.41, 5.74) is 3.43. The Bertz CT molecular complexity index is 717.